The van der Waals surface area contributed by atoms with Crippen molar-refractivity contribution in [3.63, 3.8) is 0 Å². The van der Waals surface area contributed by atoms with Crippen molar-refractivity contribution in [2.24, 2.45) is 0 Å². The van der Waals surface area contributed by atoms with Gasteiger partial charge in [0.15, 0.2) is 0 Å². The van der Waals surface area contributed by atoms with E-state index >= 15 is 0 Å². The van der Waals surface area contributed by atoms with Crippen molar-refractivity contribution in [2.45, 2.75) is 32.4 Å². The Balaban J connectivity index is 1.81. The summed E-state index contributed by atoms with van der Waals surface area (Å²) in [6, 6.07) is 7.36. The summed E-state index contributed by atoms with van der Waals surface area (Å²) in [6.45, 7) is 2.37. The van der Waals surface area contributed by atoms with E-state index in [2.05, 4.69) is 4.98 Å². The standard InChI is InChI=1S/C15H15ClN2O2/c1-10-2-5-13(20-10)9-18(12-3-4-12)15(19)14-8-11(16)6-7-17-14/h2,5-8,12H,3-4,9H2,1H3. The Morgan fingerprint density at radius 3 is 2.85 bits per heavy atom. The number of amides is 1. The van der Waals surface area contributed by atoms with E-state index < -0.39 is 0 Å². The molecule has 0 atom stereocenters. The first-order valence-corrected chi connectivity index (χ1v) is 6.99. The van der Waals surface area contributed by atoms with Crippen LogP contribution in [0.4, 0.5) is 0 Å². The van der Waals surface area contributed by atoms with Gasteiger partial charge in [-0.15, -0.1) is 0 Å². The zero-order valence-electron chi connectivity index (χ0n) is 11.2. The predicted octanol–water partition coefficient (Wildman–Crippen LogP) is 3.44. The minimum Gasteiger partial charge on any atom is -0.464 e. The number of carbonyl (C=O) groups is 1. The molecule has 1 fully saturated rings. The number of pyridine rings is 1. The molecule has 0 aromatic carbocycles. The summed E-state index contributed by atoms with van der Waals surface area (Å²) < 4.78 is 5.56. The third kappa shape index (κ3) is 2.85. The summed E-state index contributed by atoms with van der Waals surface area (Å²) in [5, 5.41) is 0.521. The summed E-state index contributed by atoms with van der Waals surface area (Å²) in [6.07, 6.45) is 3.62. The van der Waals surface area contributed by atoms with E-state index in [9.17, 15) is 4.79 Å². The second kappa shape index (κ2) is 5.29. The first-order valence-electron chi connectivity index (χ1n) is 6.61. The number of aromatic nitrogens is 1. The summed E-state index contributed by atoms with van der Waals surface area (Å²) in [4.78, 5) is 18.5. The molecular weight excluding hydrogens is 276 g/mol. The lowest BCUT2D eigenvalue weighted by Gasteiger charge is -2.20. The highest BCUT2D eigenvalue weighted by Crippen LogP contribution is 2.30. The maximum Gasteiger partial charge on any atom is 0.273 e. The average molecular weight is 291 g/mol. The van der Waals surface area contributed by atoms with Gasteiger partial charge in [0.1, 0.15) is 17.2 Å². The lowest BCUT2D eigenvalue weighted by Crippen LogP contribution is -2.33. The molecule has 0 aliphatic heterocycles. The summed E-state index contributed by atoms with van der Waals surface area (Å²) in [5.74, 6) is 1.55. The molecule has 0 N–H and O–H groups in total. The van der Waals surface area contributed by atoms with Crippen LogP contribution >= 0.6 is 11.6 Å². The van der Waals surface area contributed by atoms with Crippen molar-refractivity contribution in [3.05, 3.63) is 52.7 Å². The van der Waals surface area contributed by atoms with Crippen molar-refractivity contribution < 1.29 is 9.21 Å². The molecule has 0 radical (unpaired) electrons. The van der Waals surface area contributed by atoms with Crippen molar-refractivity contribution in [3.8, 4) is 0 Å². The van der Waals surface area contributed by atoms with E-state index in [4.69, 9.17) is 16.0 Å². The third-order valence-corrected chi connectivity index (χ3v) is 3.55. The maximum atomic E-state index is 12.6. The monoisotopic (exact) mass is 290 g/mol. The number of carbonyl (C=O) groups excluding carboxylic acids is 1. The Morgan fingerprint density at radius 1 is 1.45 bits per heavy atom. The van der Waals surface area contributed by atoms with Gasteiger partial charge in [-0.3, -0.25) is 9.78 Å². The quantitative estimate of drug-likeness (QED) is 0.866. The van der Waals surface area contributed by atoms with Gasteiger partial charge >= 0.3 is 0 Å². The first-order chi connectivity index (χ1) is 9.63. The Morgan fingerprint density at radius 2 is 2.25 bits per heavy atom. The van der Waals surface area contributed by atoms with Crippen molar-refractivity contribution in [1.29, 1.82) is 0 Å². The molecule has 4 nitrogen and oxygen atoms in total. The summed E-state index contributed by atoms with van der Waals surface area (Å²) >= 11 is 5.92. The fourth-order valence-electron chi connectivity index (χ4n) is 2.16. The van der Waals surface area contributed by atoms with Gasteiger partial charge < -0.3 is 9.32 Å². The van der Waals surface area contributed by atoms with Gasteiger partial charge in [0.2, 0.25) is 0 Å². The van der Waals surface area contributed by atoms with Gasteiger partial charge in [0.25, 0.3) is 5.91 Å². The van der Waals surface area contributed by atoms with Crippen LogP contribution in [0.15, 0.2) is 34.9 Å². The largest absolute Gasteiger partial charge is 0.464 e. The molecule has 0 bridgehead atoms. The number of hydrogen-bond acceptors (Lipinski definition) is 3. The van der Waals surface area contributed by atoms with Gasteiger partial charge in [-0.1, -0.05) is 11.6 Å². The molecule has 0 unspecified atom stereocenters. The van der Waals surface area contributed by atoms with E-state index in [-0.39, 0.29) is 11.9 Å². The van der Waals surface area contributed by atoms with Gasteiger partial charge in [-0.05, 0) is 44.0 Å². The fraction of sp³-hybridized carbons (Fsp3) is 0.333. The Hall–Kier alpha value is -1.81. The molecule has 0 saturated heterocycles. The molecule has 2 heterocycles. The van der Waals surface area contributed by atoms with Crippen LogP contribution in [0.5, 0.6) is 0 Å². The van der Waals surface area contributed by atoms with Crippen molar-refractivity contribution in [2.75, 3.05) is 0 Å². The second-order valence-electron chi connectivity index (χ2n) is 5.04. The van der Waals surface area contributed by atoms with E-state index in [1.165, 1.54) is 0 Å². The minimum atomic E-state index is -0.0935. The van der Waals surface area contributed by atoms with Crippen LogP contribution in [0, 0.1) is 6.92 Å². The lowest BCUT2D eigenvalue weighted by atomic mass is 10.3. The molecule has 20 heavy (non-hydrogen) atoms. The predicted molar refractivity (Wildman–Crippen MR) is 75.6 cm³/mol. The average Bonchev–Trinajstić information content (AvgIpc) is 3.19. The number of nitrogens with zero attached hydrogens (tertiary/aromatic N) is 2. The highest BCUT2D eigenvalue weighted by molar-refractivity contribution is 6.30. The van der Waals surface area contributed by atoms with Crippen LogP contribution in [-0.4, -0.2) is 21.8 Å². The van der Waals surface area contributed by atoms with E-state index in [1.807, 2.05) is 24.0 Å². The molecule has 0 spiro atoms. The first kappa shape index (κ1) is 13.2. The van der Waals surface area contributed by atoms with Crippen LogP contribution < -0.4 is 0 Å². The fourth-order valence-corrected chi connectivity index (χ4v) is 2.32. The highest BCUT2D eigenvalue weighted by atomic mass is 35.5. The van der Waals surface area contributed by atoms with E-state index in [0.717, 1.165) is 24.4 Å². The smallest absolute Gasteiger partial charge is 0.273 e. The number of rotatable bonds is 4. The lowest BCUT2D eigenvalue weighted by molar-refractivity contribution is 0.0711. The minimum absolute atomic E-state index is 0.0935. The van der Waals surface area contributed by atoms with Crippen LogP contribution in [0.25, 0.3) is 0 Å². The third-order valence-electron chi connectivity index (χ3n) is 3.31. The van der Waals surface area contributed by atoms with Crippen molar-refractivity contribution >= 4 is 17.5 Å². The van der Waals surface area contributed by atoms with Crippen LogP contribution in [0.1, 0.15) is 34.9 Å². The topological polar surface area (TPSA) is 46.3 Å². The van der Waals surface area contributed by atoms with Gasteiger partial charge in [0, 0.05) is 17.3 Å². The van der Waals surface area contributed by atoms with Gasteiger partial charge in [-0.2, -0.15) is 0 Å². The Kier molecular flexibility index (Phi) is 3.49. The maximum absolute atomic E-state index is 12.6. The molecule has 2 aromatic heterocycles. The van der Waals surface area contributed by atoms with Crippen LogP contribution in [-0.2, 0) is 6.54 Å². The molecule has 3 rings (SSSR count). The number of hydrogen-bond donors (Lipinski definition) is 0. The molecule has 1 amide bonds. The number of aryl methyl sites for hydroxylation is 1. The highest BCUT2D eigenvalue weighted by Gasteiger charge is 2.34. The number of furan rings is 1. The molecular formula is C15H15ClN2O2. The Bertz CT molecular complexity index is 634. The van der Waals surface area contributed by atoms with Gasteiger partial charge in [0.05, 0.1) is 6.54 Å². The summed E-state index contributed by atoms with van der Waals surface area (Å²) in [7, 11) is 0. The van der Waals surface area contributed by atoms with E-state index in [1.54, 1.807) is 18.3 Å². The number of halogens is 1. The molecule has 2 aromatic rings. The van der Waals surface area contributed by atoms with Crippen LogP contribution in [0.3, 0.4) is 0 Å². The second-order valence-corrected chi connectivity index (χ2v) is 5.47. The molecule has 104 valence electrons. The zero-order valence-corrected chi connectivity index (χ0v) is 11.9. The molecule has 1 aliphatic carbocycles. The van der Waals surface area contributed by atoms with Crippen LogP contribution in [0.2, 0.25) is 5.02 Å². The normalized spacial score (nSPS) is 14.3. The van der Waals surface area contributed by atoms with E-state index in [0.29, 0.717) is 17.3 Å². The SMILES string of the molecule is Cc1ccc(CN(C(=O)c2cc(Cl)ccn2)C2CC2)o1. The van der Waals surface area contributed by atoms with Gasteiger partial charge in [-0.25, -0.2) is 0 Å². The molecule has 5 heteroatoms. The molecule has 1 aliphatic rings. The Labute approximate surface area is 122 Å². The zero-order chi connectivity index (χ0) is 14.1. The molecule has 1 saturated carbocycles. The van der Waals surface area contributed by atoms with Crippen molar-refractivity contribution in [1.82, 2.24) is 9.88 Å². The summed E-state index contributed by atoms with van der Waals surface area (Å²) in [5.41, 5.74) is 0.382.